The number of hydrogen-bond acceptors (Lipinski definition) is 7. The number of hydrogen-bond donors (Lipinski definition) is 7. The summed E-state index contributed by atoms with van der Waals surface area (Å²) in [6, 6.07) is 16.0. The van der Waals surface area contributed by atoms with E-state index in [1.165, 1.54) is 12.1 Å². The Labute approximate surface area is 267 Å². The van der Waals surface area contributed by atoms with Crippen LogP contribution in [0.4, 0.5) is 0 Å². The molecule has 12 nitrogen and oxygen atoms in total. The molecule has 1 heterocycles. The van der Waals surface area contributed by atoms with Crippen molar-refractivity contribution in [3.05, 3.63) is 77.9 Å². The third-order valence-electron chi connectivity index (χ3n) is 7.76. The molecule has 1 fully saturated rings. The van der Waals surface area contributed by atoms with Gasteiger partial charge in [0.15, 0.2) is 0 Å². The van der Waals surface area contributed by atoms with E-state index in [-0.39, 0.29) is 37.5 Å². The van der Waals surface area contributed by atoms with Gasteiger partial charge in [0, 0.05) is 13.0 Å². The first kappa shape index (κ1) is 33.9. The van der Waals surface area contributed by atoms with Crippen molar-refractivity contribution in [1.82, 2.24) is 26.6 Å². The summed E-state index contributed by atoms with van der Waals surface area (Å²) in [6.07, 6.45) is 0.735. The minimum absolute atomic E-state index is 0.0156. The fraction of sp³-hybridized carbons (Fsp3) is 0.382. The number of phenolic OH excluding ortho intramolecular Hbond substituents is 1. The van der Waals surface area contributed by atoms with Crippen LogP contribution in [0.15, 0.2) is 66.7 Å². The second kappa shape index (κ2) is 15.8. The number of aromatic hydroxyl groups is 1. The van der Waals surface area contributed by atoms with E-state index in [0.717, 1.165) is 21.9 Å². The molecule has 5 amide bonds. The van der Waals surface area contributed by atoms with Gasteiger partial charge in [0.2, 0.25) is 29.5 Å². The van der Waals surface area contributed by atoms with Crippen LogP contribution in [0.5, 0.6) is 5.75 Å². The van der Waals surface area contributed by atoms with E-state index in [1.807, 2.05) is 56.3 Å². The minimum Gasteiger partial charge on any atom is -0.508 e. The highest BCUT2D eigenvalue weighted by atomic mass is 16.3. The number of carbonyl (C=O) groups is 5. The lowest BCUT2D eigenvalue weighted by Gasteiger charge is -2.27. The highest BCUT2D eigenvalue weighted by Crippen LogP contribution is 2.17. The van der Waals surface area contributed by atoms with Crippen molar-refractivity contribution in [3.8, 4) is 5.75 Å². The molecule has 244 valence electrons. The van der Waals surface area contributed by atoms with Gasteiger partial charge in [-0.2, -0.15) is 0 Å². The topological polar surface area (TPSA) is 192 Å². The Morgan fingerprint density at radius 2 is 1.50 bits per heavy atom. The van der Waals surface area contributed by atoms with Gasteiger partial charge in [0.25, 0.3) is 0 Å². The molecule has 0 aromatic heterocycles. The summed E-state index contributed by atoms with van der Waals surface area (Å²) < 4.78 is 0. The van der Waals surface area contributed by atoms with Crippen LogP contribution in [0.3, 0.4) is 0 Å². The van der Waals surface area contributed by atoms with Gasteiger partial charge in [-0.15, -0.1) is 0 Å². The van der Waals surface area contributed by atoms with Crippen LogP contribution in [-0.4, -0.2) is 71.9 Å². The van der Waals surface area contributed by atoms with Crippen molar-refractivity contribution in [3.63, 3.8) is 0 Å². The average Bonchev–Trinajstić information content (AvgIpc) is 3.02. The van der Waals surface area contributed by atoms with Gasteiger partial charge in [-0.1, -0.05) is 68.4 Å². The van der Waals surface area contributed by atoms with Crippen molar-refractivity contribution in [2.24, 2.45) is 11.7 Å². The van der Waals surface area contributed by atoms with Crippen molar-refractivity contribution >= 4 is 40.3 Å². The summed E-state index contributed by atoms with van der Waals surface area (Å²) in [5.41, 5.74) is 7.63. The van der Waals surface area contributed by atoms with E-state index in [1.54, 1.807) is 12.1 Å². The molecule has 3 aromatic rings. The van der Waals surface area contributed by atoms with Gasteiger partial charge >= 0.3 is 0 Å². The SMILES string of the molecule is CC(C)C[C@H]1NC(=O)[C@@H](Cc2ccc3ccccc3c2)NC(=O)CNC(=O)[C@@H](CCNC(=O)[C@@H](N)Cc2ccc(O)cc2)NC1=O. The summed E-state index contributed by atoms with van der Waals surface area (Å²) in [7, 11) is 0. The lowest BCUT2D eigenvalue weighted by atomic mass is 9.99. The van der Waals surface area contributed by atoms with Crippen molar-refractivity contribution in [1.29, 1.82) is 0 Å². The molecule has 1 aliphatic rings. The second-order valence-electron chi connectivity index (χ2n) is 12.0. The van der Waals surface area contributed by atoms with E-state index in [2.05, 4.69) is 26.6 Å². The van der Waals surface area contributed by atoms with E-state index in [4.69, 9.17) is 5.73 Å². The molecule has 12 heteroatoms. The Morgan fingerprint density at radius 3 is 2.22 bits per heavy atom. The van der Waals surface area contributed by atoms with E-state index in [9.17, 15) is 29.1 Å². The molecule has 1 saturated heterocycles. The van der Waals surface area contributed by atoms with E-state index >= 15 is 0 Å². The van der Waals surface area contributed by atoms with Gasteiger partial charge in [0.05, 0.1) is 12.6 Å². The molecule has 0 spiro atoms. The first-order chi connectivity index (χ1) is 22.0. The van der Waals surface area contributed by atoms with Gasteiger partial charge in [0.1, 0.15) is 23.9 Å². The molecule has 3 aromatic carbocycles. The zero-order valence-corrected chi connectivity index (χ0v) is 26.0. The largest absolute Gasteiger partial charge is 0.508 e. The monoisotopic (exact) mass is 630 g/mol. The highest BCUT2D eigenvalue weighted by Gasteiger charge is 2.31. The van der Waals surface area contributed by atoms with Crippen LogP contribution in [0.25, 0.3) is 10.8 Å². The molecule has 0 aliphatic carbocycles. The number of carbonyl (C=O) groups excluding carboxylic acids is 5. The predicted octanol–water partition coefficient (Wildman–Crippen LogP) is 0.795. The fourth-order valence-electron chi connectivity index (χ4n) is 5.31. The van der Waals surface area contributed by atoms with Crippen LogP contribution in [0, 0.1) is 5.92 Å². The Kier molecular flexibility index (Phi) is 11.7. The molecule has 0 unspecified atom stereocenters. The van der Waals surface area contributed by atoms with Crippen LogP contribution in [0.1, 0.15) is 37.8 Å². The summed E-state index contributed by atoms with van der Waals surface area (Å²) in [5.74, 6) is -2.54. The van der Waals surface area contributed by atoms with Gasteiger partial charge < -0.3 is 37.4 Å². The maximum Gasteiger partial charge on any atom is 0.243 e. The smallest absolute Gasteiger partial charge is 0.243 e. The van der Waals surface area contributed by atoms with Gasteiger partial charge in [-0.25, -0.2) is 0 Å². The van der Waals surface area contributed by atoms with E-state index in [0.29, 0.717) is 6.42 Å². The summed E-state index contributed by atoms with van der Waals surface area (Å²) in [4.78, 5) is 65.6. The van der Waals surface area contributed by atoms with E-state index < -0.39 is 60.2 Å². The van der Waals surface area contributed by atoms with Gasteiger partial charge in [-0.05, 0) is 59.2 Å². The Balaban J connectivity index is 1.43. The maximum absolute atomic E-state index is 13.5. The second-order valence-corrected chi connectivity index (χ2v) is 12.0. The lowest BCUT2D eigenvalue weighted by molar-refractivity contribution is -0.135. The number of fused-ring (bicyclic) bond motifs is 1. The fourth-order valence-corrected chi connectivity index (χ4v) is 5.31. The normalized spacial score (nSPS) is 20.0. The number of nitrogens with two attached hydrogens (primary N) is 1. The van der Waals surface area contributed by atoms with Crippen LogP contribution in [-0.2, 0) is 36.8 Å². The van der Waals surface area contributed by atoms with Crippen molar-refractivity contribution < 1.29 is 29.1 Å². The molecular weight excluding hydrogens is 588 g/mol. The number of nitrogens with one attached hydrogen (secondary N) is 5. The average molecular weight is 631 g/mol. The summed E-state index contributed by atoms with van der Waals surface area (Å²) in [6.45, 7) is 3.42. The van der Waals surface area contributed by atoms with Gasteiger partial charge in [-0.3, -0.25) is 24.0 Å². The molecule has 46 heavy (non-hydrogen) atoms. The lowest BCUT2D eigenvalue weighted by Crippen LogP contribution is -2.60. The number of amides is 5. The zero-order chi connectivity index (χ0) is 33.2. The molecule has 4 atom stereocenters. The van der Waals surface area contributed by atoms with Crippen LogP contribution in [0.2, 0.25) is 0 Å². The first-order valence-corrected chi connectivity index (χ1v) is 15.4. The predicted molar refractivity (Wildman–Crippen MR) is 173 cm³/mol. The molecular formula is C34H42N6O6. The minimum atomic E-state index is -1.09. The van der Waals surface area contributed by atoms with Crippen LogP contribution >= 0.6 is 0 Å². The molecule has 8 N–H and O–H groups in total. The Bertz CT molecular complexity index is 1560. The molecule has 0 radical (unpaired) electrons. The highest BCUT2D eigenvalue weighted by molar-refractivity contribution is 5.96. The molecule has 0 saturated carbocycles. The third-order valence-corrected chi connectivity index (χ3v) is 7.76. The Hall–Kier alpha value is -4.97. The molecule has 4 rings (SSSR count). The van der Waals surface area contributed by atoms with Crippen LogP contribution < -0.4 is 32.3 Å². The maximum atomic E-state index is 13.5. The molecule has 0 bridgehead atoms. The first-order valence-electron chi connectivity index (χ1n) is 15.4. The number of phenols is 1. The summed E-state index contributed by atoms with van der Waals surface area (Å²) >= 11 is 0. The zero-order valence-electron chi connectivity index (χ0n) is 26.0. The number of benzene rings is 3. The quantitative estimate of drug-likeness (QED) is 0.172. The third kappa shape index (κ3) is 9.77. The number of rotatable bonds is 10. The molecule has 1 aliphatic heterocycles. The van der Waals surface area contributed by atoms with Crippen molar-refractivity contribution in [2.75, 3.05) is 13.1 Å². The standard InChI is InChI=1S/C34H42N6O6/c1-20(2)15-28-33(45)39-27(13-14-36-31(43)26(35)17-21-8-11-25(41)12-9-21)32(44)37-19-30(42)38-29(34(46)40-28)18-22-7-10-23-5-3-4-6-24(23)16-22/h3-12,16,20,26-29,41H,13-15,17-19,35H2,1-2H3,(H,36,43)(H,37,44)(H,38,42)(H,39,45)(H,40,46)/t26-,27+,28+,29+/m0/s1. The Morgan fingerprint density at radius 1 is 0.848 bits per heavy atom. The van der Waals surface area contributed by atoms with Crippen molar-refractivity contribution in [2.45, 2.75) is 63.7 Å². The summed E-state index contributed by atoms with van der Waals surface area (Å²) in [5, 5.41) is 24.9.